The molecule has 0 saturated carbocycles. The molecule has 108 valence electrons. The Morgan fingerprint density at radius 1 is 1.45 bits per heavy atom. The SMILES string of the molecule is CCCNC(Cc1cccc(F)c1Br)c1cnn(C)c1. The number of halogens is 2. The summed E-state index contributed by atoms with van der Waals surface area (Å²) in [6.07, 6.45) is 5.65. The smallest absolute Gasteiger partial charge is 0.137 e. The maximum Gasteiger partial charge on any atom is 0.137 e. The van der Waals surface area contributed by atoms with Crippen LogP contribution in [0, 0.1) is 5.82 Å². The molecule has 1 aromatic heterocycles. The van der Waals surface area contributed by atoms with E-state index >= 15 is 0 Å². The van der Waals surface area contributed by atoms with Gasteiger partial charge in [-0.05, 0) is 46.9 Å². The highest BCUT2D eigenvalue weighted by Crippen LogP contribution is 2.26. The van der Waals surface area contributed by atoms with Gasteiger partial charge in [-0.3, -0.25) is 4.68 Å². The lowest BCUT2D eigenvalue weighted by Gasteiger charge is -2.18. The van der Waals surface area contributed by atoms with Gasteiger partial charge in [-0.1, -0.05) is 19.1 Å². The molecule has 1 aromatic carbocycles. The van der Waals surface area contributed by atoms with E-state index in [0.29, 0.717) is 4.47 Å². The number of nitrogens with zero attached hydrogens (tertiary/aromatic N) is 2. The summed E-state index contributed by atoms with van der Waals surface area (Å²) in [6.45, 7) is 3.05. The first-order valence-electron chi connectivity index (χ1n) is 6.76. The van der Waals surface area contributed by atoms with E-state index in [0.717, 1.165) is 30.5 Å². The zero-order valence-corrected chi connectivity index (χ0v) is 13.3. The second kappa shape index (κ2) is 6.99. The van der Waals surface area contributed by atoms with Crippen LogP contribution in [0.5, 0.6) is 0 Å². The number of rotatable bonds is 6. The molecule has 5 heteroatoms. The highest BCUT2D eigenvalue weighted by Gasteiger charge is 2.16. The molecule has 2 rings (SSSR count). The van der Waals surface area contributed by atoms with Crippen LogP contribution in [-0.2, 0) is 13.5 Å². The van der Waals surface area contributed by atoms with Crippen LogP contribution in [0.4, 0.5) is 4.39 Å². The summed E-state index contributed by atoms with van der Waals surface area (Å²) in [5.74, 6) is -0.220. The van der Waals surface area contributed by atoms with Crippen LogP contribution in [0.25, 0.3) is 0 Å². The number of hydrogen-bond donors (Lipinski definition) is 1. The summed E-state index contributed by atoms with van der Waals surface area (Å²) in [5, 5.41) is 7.72. The van der Waals surface area contributed by atoms with E-state index in [1.807, 2.05) is 25.5 Å². The van der Waals surface area contributed by atoms with Gasteiger partial charge in [0.05, 0.1) is 10.7 Å². The van der Waals surface area contributed by atoms with Crippen molar-refractivity contribution in [2.45, 2.75) is 25.8 Å². The third-order valence-electron chi connectivity index (χ3n) is 3.22. The van der Waals surface area contributed by atoms with Crippen molar-refractivity contribution in [2.75, 3.05) is 6.54 Å². The minimum atomic E-state index is -0.220. The highest BCUT2D eigenvalue weighted by molar-refractivity contribution is 9.10. The lowest BCUT2D eigenvalue weighted by Crippen LogP contribution is -2.24. The zero-order chi connectivity index (χ0) is 14.5. The number of aryl methyl sites for hydroxylation is 1. The Morgan fingerprint density at radius 2 is 2.25 bits per heavy atom. The van der Waals surface area contributed by atoms with Crippen molar-refractivity contribution in [3.63, 3.8) is 0 Å². The van der Waals surface area contributed by atoms with Crippen molar-refractivity contribution in [1.29, 1.82) is 0 Å². The summed E-state index contributed by atoms with van der Waals surface area (Å²) >= 11 is 3.33. The predicted molar refractivity (Wildman–Crippen MR) is 82.0 cm³/mol. The minimum absolute atomic E-state index is 0.141. The fourth-order valence-electron chi connectivity index (χ4n) is 2.17. The molecule has 0 bridgehead atoms. The van der Waals surface area contributed by atoms with Crippen LogP contribution in [0.1, 0.15) is 30.5 Å². The largest absolute Gasteiger partial charge is 0.310 e. The maximum atomic E-state index is 13.6. The van der Waals surface area contributed by atoms with Crippen molar-refractivity contribution in [1.82, 2.24) is 15.1 Å². The molecule has 2 aromatic rings. The van der Waals surface area contributed by atoms with Gasteiger partial charge in [0.2, 0.25) is 0 Å². The molecule has 0 spiro atoms. The molecular formula is C15H19BrFN3. The molecule has 1 heterocycles. The molecule has 0 aliphatic carbocycles. The van der Waals surface area contributed by atoms with Gasteiger partial charge in [0, 0.05) is 24.8 Å². The van der Waals surface area contributed by atoms with Crippen LogP contribution in [0.3, 0.4) is 0 Å². The molecule has 0 aliphatic heterocycles. The van der Waals surface area contributed by atoms with Gasteiger partial charge in [-0.2, -0.15) is 5.10 Å². The van der Waals surface area contributed by atoms with Crippen LogP contribution in [0.15, 0.2) is 35.1 Å². The number of hydrogen-bond acceptors (Lipinski definition) is 2. The Balaban J connectivity index is 2.21. The zero-order valence-electron chi connectivity index (χ0n) is 11.7. The first-order valence-corrected chi connectivity index (χ1v) is 7.56. The van der Waals surface area contributed by atoms with Crippen LogP contribution in [0.2, 0.25) is 0 Å². The molecule has 1 unspecified atom stereocenters. The topological polar surface area (TPSA) is 29.9 Å². The Morgan fingerprint density at radius 3 is 2.90 bits per heavy atom. The van der Waals surface area contributed by atoms with Gasteiger partial charge < -0.3 is 5.32 Å². The Bertz CT molecular complexity index is 568. The Labute approximate surface area is 127 Å². The van der Waals surface area contributed by atoms with Crippen molar-refractivity contribution in [2.24, 2.45) is 7.05 Å². The summed E-state index contributed by atoms with van der Waals surface area (Å²) in [4.78, 5) is 0. The summed E-state index contributed by atoms with van der Waals surface area (Å²) < 4.78 is 15.9. The fourth-order valence-corrected chi connectivity index (χ4v) is 2.60. The molecular weight excluding hydrogens is 321 g/mol. The van der Waals surface area contributed by atoms with Crippen molar-refractivity contribution >= 4 is 15.9 Å². The molecule has 0 radical (unpaired) electrons. The fraction of sp³-hybridized carbons (Fsp3) is 0.400. The lowest BCUT2D eigenvalue weighted by molar-refractivity contribution is 0.525. The van der Waals surface area contributed by atoms with E-state index in [1.165, 1.54) is 6.07 Å². The van der Waals surface area contributed by atoms with Gasteiger partial charge in [0.1, 0.15) is 5.82 Å². The van der Waals surface area contributed by atoms with Gasteiger partial charge >= 0.3 is 0 Å². The third-order valence-corrected chi connectivity index (χ3v) is 4.11. The average molecular weight is 340 g/mol. The summed E-state index contributed by atoms with van der Waals surface area (Å²) in [7, 11) is 1.90. The monoisotopic (exact) mass is 339 g/mol. The van der Waals surface area contributed by atoms with E-state index in [4.69, 9.17) is 0 Å². The quantitative estimate of drug-likeness (QED) is 0.871. The first kappa shape index (κ1) is 15.2. The minimum Gasteiger partial charge on any atom is -0.310 e. The van der Waals surface area contributed by atoms with E-state index in [-0.39, 0.29) is 11.9 Å². The molecule has 0 saturated heterocycles. The van der Waals surface area contributed by atoms with Crippen molar-refractivity contribution in [3.05, 3.63) is 52.0 Å². The van der Waals surface area contributed by atoms with Gasteiger partial charge in [0.15, 0.2) is 0 Å². The molecule has 20 heavy (non-hydrogen) atoms. The van der Waals surface area contributed by atoms with E-state index in [1.54, 1.807) is 10.7 Å². The first-order chi connectivity index (χ1) is 9.61. The molecule has 3 nitrogen and oxygen atoms in total. The van der Waals surface area contributed by atoms with Crippen LogP contribution < -0.4 is 5.32 Å². The Hall–Kier alpha value is -1.20. The Kier molecular flexibility index (Phi) is 5.31. The average Bonchev–Trinajstić information content (AvgIpc) is 2.86. The second-order valence-corrected chi connectivity index (χ2v) is 5.66. The molecule has 1 N–H and O–H groups in total. The van der Waals surface area contributed by atoms with Gasteiger partial charge in [-0.15, -0.1) is 0 Å². The molecule has 0 aliphatic rings. The molecule has 0 amide bonds. The van der Waals surface area contributed by atoms with Crippen LogP contribution >= 0.6 is 15.9 Å². The molecule has 0 fully saturated rings. The molecule has 1 atom stereocenters. The van der Waals surface area contributed by atoms with Crippen molar-refractivity contribution < 1.29 is 4.39 Å². The van der Waals surface area contributed by atoms with Gasteiger partial charge in [-0.25, -0.2) is 4.39 Å². The third kappa shape index (κ3) is 3.67. The van der Waals surface area contributed by atoms with Gasteiger partial charge in [0.25, 0.3) is 0 Å². The van der Waals surface area contributed by atoms with Crippen LogP contribution in [-0.4, -0.2) is 16.3 Å². The number of nitrogens with one attached hydrogen (secondary N) is 1. The summed E-state index contributed by atoms with van der Waals surface area (Å²) in [5.41, 5.74) is 2.08. The number of aromatic nitrogens is 2. The highest BCUT2D eigenvalue weighted by atomic mass is 79.9. The maximum absolute atomic E-state index is 13.6. The van der Waals surface area contributed by atoms with E-state index < -0.39 is 0 Å². The van der Waals surface area contributed by atoms with Crippen molar-refractivity contribution in [3.8, 4) is 0 Å². The standard InChI is InChI=1S/C15H19BrFN3/c1-3-7-18-14(12-9-19-20(2)10-12)8-11-5-4-6-13(17)15(11)16/h4-6,9-10,14,18H,3,7-8H2,1-2H3. The number of benzene rings is 1. The predicted octanol–water partition coefficient (Wildman–Crippen LogP) is 3.61. The normalized spacial score (nSPS) is 12.6. The van der Waals surface area contributed by atoms with E-state index in [9.17, 15) is 4.39 Å². The second-order valence-electron chi connectivity index (χ2n) is 4.87. The van der Waals surface area contributed by atoms with E-state index in [2.05, 4.69) is 33.3 Å². The lowest BCUT2D eigenvalue weighted by atomic mass is 10.0. The summed E-state index contributed by atoms with van der Waals surface area (Å²) in [6, 6.07) is 5.30.